The van der Waals surface area contributed by atoms with Crippen molar-refractivity contribution >= 4 is 10.9 Å². The van der Waals surface area contributed by atoms with Gasteiger partial charge in [-0.1, -0.05) is 18.2 Å². The summed E-state index contributed by atoms with van der Waals surface area (Å²) < 4.78 is 2.27. The monoisotopic (exact) mass is 336 g/mol. The van der Waals surface area contributed by atoms with Crippen LogP contribution in [0.25, 0.3) is 10.9 Å². The van der Waals surface area contributed by atoms with E-state index < -0.39 is 0 Å². The van der Waals surface area contributed by atoms with Gasteiger partial charge in [0.1, 0.15) is 5.82 Å². The molecule has 25 heavy (non-hydrogen) atoms. The van der Waals surface area contributed by atoms with Crippen molar-refractivity contribution in [1.82, 2.24) is 19.4 Å². The number of hydrogen-bond acceptors (Lipinski definition) is 4. The molecule has 0 amide bonds. The number of hydrogen-bond donors (Lipinski definition) is 1. The van der Waals surface area contributed by atoms with E-state index in [0.29, 0.717) is 0 Å². The molecule has 0 atom stereocenters. The average molecular weight is 336 g/mol. The number of aliphatic hydroxyl groups is 1. The molecule has 5 heteroatoms. The summed E-state index contributed by atoms with van der Waals surface area (Å²) in [4.78, 5) is 11.4. The van der Waals surface area contributed by atoms with Gasteiger partial charge in [-0.05, 0) is 25.0 Å². The summed E-state index contributed by atoms with van der Waals surface area (Å²) in [6.45, 7) is 5.90. The first-order valence-corrected chi connectivity index (χ1v) is 8.96. The van der Waals surface area contributed by atoms with Crippen molar-refractivity contribution in [2.24, 2.45) is 0 Å². The van der Waals surface area contributed by atoms with Gasteiger partial charge >= 0.3 is 0 Å². The Morgan fingerprint density at radius 1 is 1.24 bits per heavy atom. The first kappa shape index (κ1) is 16.2. The minimum Gasteiger partial charge on any atom is -0.396 e. The van der Waals surface area contributed by atoms with Gasteiger partial charge in [-0.15, -0.1) is 0 Å². The fourth-order valence-electron chi connectivity index (χ4n) is 3.73. The second kappa shape index (κ2) is 6.94. The van der Waals surface area contributed by atoms with E-state index in [-0.39, 0.29) is 6.61 Å². The Hall–Kier alpha value is -2.24. The number of nitrogens with zero attached hydrogens (tertiary/aromatic N) is 4. The molecular weight excluding hydrogens is 312 g/mol. The van der Waals surface area contributed by atoms with Gasteiger partial charge in [0.05, 0.1) is 0 Å². The molecule has 1 N–H and O–H groups in total. The van der Waals surface area contributed by atoms with Crippen molar-refractivity contribution in [2.75, 3.05) is 13.2 Å². The standard InChI is InChI=1S/C20H24N4O/c1-15-21-11-16-12-23(9-7-19(16)22-15)13-17-14-24(8-4-10-25)20-6-3-2-5-18(17)20/h2-3,5-6,11,14,25H,4,7-10,12-13H2,1H3. The van der Waals surface area contributed by atoms with Crippen LogP contribution in [0.2, 0.25) is 0 Å². The molecular formula is C20H24N4O. The third-order valence-corrected chi connectivity index (χ3v) is 4.96. The number of aryl methyl sites for hydroxylation is 2. The normalized spacial score (nSPS) is 14.8. The van der Waals surface area contributed by atoms with Gasteiger partial charge < -0.3 is 9.67 Å². The summed E-state index contributed by atoms with van der Waals surface area (Å²) in [6.07, 6.45) is 6.00. The molecule has 1 aromatic carbocycles. The lowest BCUT2D eigenvalue weighted by molar-refractivity contribution is 0.243. The predicted molar refractivity (Wildman–Crippen MR) is 98.2 cm³/mol. The van der Waals surface area contributed by atoms with Crippen molar-refractivity contribution in [1.29, 1.82) is 0 Å². The van der Waals surface area contributed by atoms with Gasteiger partial charge in [-0.2, -0.15) is 0 Å². The third-order valence-electron chi connectivity index (χ3n) is 4.96. The first-order valence-electron chi connectivity index (χ1n) is 8.96. The maximum Gasteiger partial charge on any atom is 0.125 e. The van der Waals surface area contributed by atoms with E-state index in [0.717, 1.165) is 44.8 Å². The zero-order chi connectivity index (χ0) is 17.2. The van der Waals surface area contributed by atoms with Crippen LogP contribution in [0, 0.1) is 6.92 Å². The van der Waals surface area contributed by atoms with Crippen molar-refractivity contribution in [3.63, 3.8) is 0 Å². The Morgan fingerprint density at radius 2 is 2.12 bits per heavy atom. The van der Waals surface area contributed by atoms with E-state index in [9.17, 15) is 0 Å². The minimum absolute atomic E-state index is 0.226. The summed E-state index contributed by atoms with van der Waals surface area (Å²) in [5, 5.41) is 10.5. The Balaban J connectivity index is 1.58. The molecule has 0 spiro atoms. The summed E-state index contributed by atoms with van der Waals surface area (Å²) in [6, 6.07) is 8.55. The van der Waals surface area contributed by atoms with E-state index in [2.05, 4.69) is 49.9 Å². The molecule has 1 aliphatic heterocycles. The molecule has 0 aliphatic carbocycles. The molecule has 0 fully saturated rings. The highest BCUT2D eigenvalue weighted by atomic mass is 16.3. The molecule has 0 saturated heterocycles. The van der Waals surface area contributed by atoms with Crippen LogP contribution in [0.4, 0.5) is 0 Å². The van der Waals surface area contributed by atoms with Crippen LogP contribution in [0.3, 0.4) is 0 Å². The Labute approximate surface area is 147 Å². The highest BCUT2D eigenvalue weighted by Gasteiger charge is 2.19. The van der Waals surface area contributed by atoms with Crippen LogP contribution in [0.1, 0.15) is 29.1 Å². The fourth-order valence-corrected chi connectivity index (χ4v) is 3.73. The van der Waals surface area contributed by atoms with E-state index >= 15 is 0 Å². The lowest BCUT2D eigenvalue weighted by Gasteiger charge is -2.27. The number of fused-ring (bicyclic) bond motifs is 2. The average Bonchev–Trinajstić information content (AvgIpc) is 2.98. The van der Waals surface area contributed by atoms with Gasteiger partial charge in [0.2, 0.25) is 0 Å². The maximum atomic E-state index is 9.15. The number of para-hydroxylation sites is 1. The van der Waals surface area contributed by atoms with E-state index in [4.69, 9.17) is 5.11 Å². The summed E-state index contributed by atoms with van der Waals surface area (Å²) in [5.74, 6) is 0.860. The molecule has 3 aromatic rings. The molecule has 4 rings (SSSR count). The summed E-state index contributed by atoms with van der Waals surface area (Å²) in [5.41, 5.74) is 5.06. The summed E-state index contributed by atoms with van der Waals surface area (Å²) in [7, 11) is 0. The second-order valence-electron chi connectivity index (χ2n) is 6.79. The summed E-state index contributed by atoms with van der Waals surface area (Å²) >= 11 is 0. The van der Waals surface area contributed by atoms with Crippen LogP contribution in [0.15, 0.2) is 36.7 Å². The topological polar surface area (TPSA) is 54.2 Å². The van der Waals surface area contributed by atoms with Gasteiger partial charge in [0, 0.05) is 73.8 Å². The van der Waals surface area contributed by atoms with Gasteiger partial charge in [0.15, 0.2) is 0 Å². The highest BCUT2D eigenvalue weighted by molar-refractivity contribution is 5.83. The zero-order valence-corrected chi connectivity index (χ0v) is 14.6. The quantitative estimate of drug-likeness (QED) is 0.778. The van der Waals surface area contributed by atoms with Crippen LogP contribution in [0.5, 0.6) is 0 Å². The van der Waals surface area contributed by atoms with Crippen molar-refractivity contribution < 1.29 is 5.11 Å². The molecule has 5 nitrogen and oxygen atoms in total. The van der Waals surface area contributed by atoms with Gasteiger partial charge in [-0.3, -0.25) is 4.90 Å². The van der Waals surface area contributed by atoms with Gasteiger partial charge in [0.25, 0.3) is 0 Å². The maximum absolute atomic E-state index is 9.15. The Kier molecular flexibility index (Phi) is 4.51. The van der Waals surface area contributed by atoms with E-state index in [1.807, 2.05) is 13.1 Å². The van der Waals surface area contributed by atoms with Crippen LogP contribution in [-0.4, -0.2) is 37.7 Å². The van der Waals surface area contributed by atoms with E-state index in [1.54, 1.807) is 0 Å². The molecule has 0 bridgehead atoms. The number of aromatic nitrogens is 3. The SMILES string of the molecule is Cc1ncc2c(n1)CCN(Cc1cn(CCCO)c3ccccc13)C2. The first-order chi connectivity index (χ1) is 12.2. The molecule has 130 valence electrons. The lowest BCUT2D eigenvalue weighted by atomic mass is 10.1. The number of aliphatic hydroxyl groups excluding tert-OH is 1. The molecule has 0 unspecified atom stereocenters. The second-order valence-corrected chi connectivity index (χ2v) is 6.79. The Morgan fingerprint density at radius 3 is 3.00 bits per heavy atom. The smallest absolute Gasteiger partial charge is 0.125 e. The lowest BCUT2D eigenvalue weighted by Crippen LogP contribution is -2.31. The molecule has 0 saturated carbocycles. The predicted octanol–water partition coefficient (Wildman–Crippen LogP) is 2.68. The van der Waals surface area contributed by atoms with E-state index in [1.165, 1.54) is 27.7 Å². The van der Waals surface area contributed by atoms with Crippen molar-refractivity contribution in [3.05, 3.63) is 59.3 Å². The zero-order valence-electron chi connectivity index (χ0n) is 14.6. The van der Waals surface area contributed by atoms with Crippen molar-refractivity contribution in [2.45, 2.75) is 39.4 Å². The molecule has 3 heterocycles. The number of benzene rings is 1. The molecule has 0 radical (unpaired) electrons. The largest absolute Gasteiger partial charge is 0.396 e. The third kappa shape index (κ3) is 3.30. The van der Waals surface area contributed by atoms with Gasteiger partial charge in [-0.25, -0.2) is 9.97 Å². The molecule has 2 aromatic heterocycles. The van der Waals surface area contributed by atoms with Crippen LogP contribution < -0.4 is 0 Å². The molecule has 1 aliphatic rings. The Bertz CT molecular complexity index is 887. The number of rotatable bonds is 5. The van der Waals surface area contributed by atoms with Crippen molar-refractivity contribution in [3.8, 4) is 0 Å². The van der Waals surface area contributed by atoms with Crippen LogP contribution in [-0.2, 0) is 26.1 Å². The fraction of sp³-hybridized carbons (Fsp3) is 0.400. The minimum atomic E-state index is 0.226. The van der Waals surface area contributed by atoms with Crippen LogP contribution >= 0.6 is 0 Å². The highest BCUT2D eigenvalue weighted by Crippen LogP contribution is 2.25.